The highest BCUT2D eigenvalue weighted by Gasteiger charge is 2.24. The van der Waals surface area contributed by atoms with Gasteiger partial charge in [-0.1, -0.05) is 40.9 Å². The molecule has 0 spiro atoms. The fourth-order valence-electron chi connectivity index (χ4n) is 2.71. The molecule has 1 saturated heterocycles. The highest BCUT2D eigenvalue weighted by Crippen LogP contribution is 2.32. The first-order valence-electron chi connectivity index (χ1n) is 9.24. The maximum atomic E-state index is 12.5. The summed E-state index contributed by atoms with van der Waals surface area (Å²) in [5, 5.41) is 4.18. The number of nitrogens with zero attached hydrogens (tertiary/aromatic N) is 1. The first-order valence-corrected chi connectivity index (χ1v) is 12.6. The highest BCUT2D eigenvalue weighted by atomic mass is 35.5. The number of carbonyl (C=O) groups excluding carboxylic acids is 1. The Morgan fingerprint density at radius 3 is 2.18 bits per heavy atom. The third kappa shape index (κ3) is 5.90. The van der Waals surface area contributed by atoms with Gasteiger partial charge < -0.3 is 9.50 Å². The zero-order chi connectivity index (χ0) is 23.6. The van der Waals surface area contributed by atoms with Crippen molar-refractivity contribution in [3.63, 3.8) is 0 Å². The van der Waals surface area contributed by atoms with Gasteiger partial charge in [0.1, 0.15) is 4.90 Å². The minimum absolute atomic E-state index is 0.0396. The van der Waals surface area contributed by atoms with Crippen LogP contribution < -0.4 is 9.50 Å². The molecule has 1 N–H and O–H groups in total. The molecule has 1 fully saturated rings. The van der Waals surface area contributed by atoms with Crippen LogP contribution in [0.1, 0.15) is 5.56 Å². The number of aliphatic imine (C=N–C) groups is 1. The van der Waals surface area contributed by atoms with Crippen LogP contribution in [0.4, 0.5) is 5.69 Å². The molecule has 4 rings (SSSR count). The monoisotopic (exact) mass is 538 g/mol. The number of amidine groups is 1. The van der Waals surface area contributed by atoms with E-state index in [0.717, 1.165) is 0 Å². The van der Waals surface area contributed by atoms with E-state index in [1.54, 1.807) is 36.4 Å². The summed E-state index contributed by atoms with van der Waals surface area (Å²) in [5.74, 6) is -0.350. The summed E-state index contributed by atoms with van der Waals surface area (Å²) in [7, 11) is -4.09. The standard InChI is InChI=1S/C22H13Cl3N2O4S2/c23-14-2-6-16(7-3-14)26-22-27-21(28)20(32-22)12-13-1-10-19(18(25)11-13)31-33(29,30)17-8-4-15(24)5-9-17/h1-12H,(H,26,27,28)/b20-12-. The lowest BCUT2D eigenvalue weighted by Gasteiger charge is -2.09. The fraction of sp³-hybridized carbons (Fsp3) is 0. The summed E-state index contributed by atoms with van der Waals surface area (Å²) in [6, 6.07) is 17.0. The highest BCUT2D eigenvalue weighted by molar-refractivity contribution is 8.18. The van der Waals surface area contributed by atoms with E-state index in [-0.39, 0.29) is 21.6 Å². The molecule has 1 heterocycles. The second kappa shape index (κ2) is 9.79. The van der Waals surface area contributed by atoms with E-state index in [1.807, 2.05) is 0 Å². The molecule has 168 valence electrons. The Kier molecular flexibility index (Phi) is 7.02. The molecule has 33 heavy (non-hydrogen) atoms. The largest absolute Gasteiger partial charge is 0.377 e. The van der Waals surface area contributed by atoms with Crippen LogP contribution >= 0.6 is 46.6 Å². The van der Waals surface area contributed by atoms with Crippen molar-refractivity contribution in [1.82, 2.24) is 5.32 Å². The van der Waals surface area contributed by atoms with Crippen LogP contribution in [0.5, 0.6) is 5.75 Å². The predicted octanol–water partition coefficient (Wildman–Crippen LogP) is 6.31. The van der Waals surface area contributed by atoms with Gasteiger partial charge in [-0.15, -0.1) is 0 Å². The number of carbonyl (C=O) groups is 1. The van der Waals surface area contributed by atoms with E-state index in [9.17, 15) is 13.2 Å². The molecule has 0 aromatic heterocycles. The van der Waals surface area contributed by atoms with Crippen LogP contribution in [-0.2, 0) is 14.9 Å². The number of rotatable bonds is 5. The Labute approximate surface area is 209 Å². The van der Waals surface area contributed by atoms with Crippen LogP contribution in [0.25, 0.3) is 6.08 Å². The van der Waals surface area contributed by atoms with Crippen LogP contribution in [-0.4, -0.2) is 19.5 Å². The number of thioether (sulfide) groups is 1. The number of amides is 1. The van der Waals surface area contributed by atoms with Gasteiger partial charge in [0.25, 0.3) is 5.91 Å². The summed E-state index contributed by atoms with van der Waals surface area (Å²) in [6.45, 7) is 0. The second-order valence-corrected chi connectivity index (χ2v) is 10.5. The minimum atomic E-state index is -4.09. The predicted molar refractivity (Wildman–Crippen MR) is 133 cm³/mol. The fourth-order valence-corrected chi connectivity index (χ4v) is 5.02. The van der Waals surface area contributed by atoms with Crippen molar-refractivity contribution in [3.8, 4) is 5.75 Å². The molecule has 0 unspecified atom stereocenters. The van der Waals surface area contributed by atoms with Gasteiger partial charge in [0.2, 0.25) is 0 Å². The molecule has 11 heteroatoms. The molecule has 3 aromatic carbocycles. The Hall–Kier alpha value is -2.49. The first-order chi connectivity index (χ1) is 15.7. The van der Waals surface area contributed by atoms with Crippen molar-refractivity contribution in [2.24, 2.45) is 4.99 Å². The Morgan fingerprint density at radius 1 is 0.909 bits per heavy atom. The van der Waals surface area contributed by atoms with Crippen molar-refractivity contribution in [3.05, 3.63) is 92.3 Å². The summed E-state index contributed by atoms with van der Waals surface area (Å²) >= 11 is 19.1. The summed E-state index contributed by atoms with van der Waals surface area (Å²) in [5.41, 5.74) is 1.23. The number of hydrogen-bond acceptors (Lipinski definition) is 6. The van der Waals surface area contributed by atoms with Gasteiger partial charge in [-0.3, -0.25) is 4.79 Å². The molecule has 6 nitrogen and oxygen atoms in total. The molecule has 0 bridgehead atoms. The normalized spacial score (nSPS) is 16.3. The summed E-state index contributed by atoms with van der Waals surface area (Å²) in [6.07, 6.45) is 1.62. The van der Waals surface area contributed by atoms with Gasteiger partial charge in [-0.25, -0.2) is 4.99 Å². The average molecular weight is 540 g/mol. The average Bonchev–Trinajstić information content (AvgIpc) is 3.10. The Morgan fingerprint density at radius 2 is 1.55 bits per heavy atom. The van der Waals surface area contributed by atoms with Crippen molar-refractivity contribution >= 4 is 79.5 Å². The van der Waals surface area contributed by atoms with E-state index >= 15 is 0 Å². The van der Waals surface area contributed by atoms with E-state index in [2.05, 4.69) is 10.3 Å². The minimum Gasteiger partial charge on any atom is -0.377 e. The molecule has 1 aliphatic rings. The molecular weight excluding hydrogens is 527 g/mol. The van der Waals surface area contributed by atoms with Crippen molar-refractivity contribution < 1.29 is 17.4 Å². The smallest absolute Gasteiger partial charge is 0.339 e. The molecule has 0 aliphatic carbocycles. The van der Waals surface area contributed by atoms with Gasteiger partial charge in [0, 0.05) is 10.0 Å². The van der Waals surface area contributed by atoms with Crippen molar-refractivity contribution in [2.75, 3.05) is 0 Å². The van der Waals surface area contributed by atoms with Gasteiger partial charge in [-0.2, -0.15) is 8.42 Å². The quantitative estimate of drug-likeness (QED) is 0.303. The number of benzene rings is 3. The lowest BCUT2D eigenvalue weighted by molar-refractivity contribution is -0.115. The Bertz CT molecular complexity index is 1390. The Balaban J connectivity index is 1.51. The lowest BCUT2D eigenvalue weighted by atomic mass is 10.2. The SMILES string of the molecule is O=C1NC(=Nc2ccc(Cl)cc2)S/C1=C\c1ccc(OS(=O)(=O)c2ccc(Cl)cc2)c(Cl)c1. The molecule has 1 amide bonds. The summed E-state index contributed by atoms with van der Waals surface area (Å²) in [4.78, 5) is 17.0. The van der Waals surface area contributed by atoms with Crippen LogP contribution in [0.2, 0.25) is 15.1 Å². The molecule has 0 radical (unpaired) electrons. The molecule has 3 aromatic rings. The van der Waals surface area contributed by atoms with Gasteiger partial charge >= 0.3 is 10.1 Å². The lowest BCUT2D eigenvalue weighted by Crippen LogP contribution is -2.19. The maximum absolute atomic E-state index is 12.5. The van der Waals surface area contributed by atoms with Crippen LogP contribution in [0, 0.1) is 0 Å². The third-order valence-electron chi connectivity index (χ3n) is 4.26. The first kappa shape index (κ1) is 23.7. The number of hydrogen-bond donors (Lipinski definition) is 1. The van der Waals surface area contributed by atoms with Crippen LogP contribution in [0.3, 0.4) is 0 Å². The number of nitrogens with one attached hydrogen (secondary N) is 1. The van der Waals surface area contributed by atoms with Gasteiger partial charge in [0.05, 0.1) is 15.6 Å². The zero-order valence-electron chi connectivity index (χ0n) is 16.5. The maximum Gasteiger partial charge on any atom is 0.339 e. The van der Waals surface area contributed by atoms with Crippen LogP contribution in [0.15, 0.2) is 81.5 Å². The van der Waals surface area contributed by atoms with E-state index < -0.39 is 10.1 Å². The third-order valence-corrected chi connectivity index (χ3v) is 7.22. The molecule has 0 atom stereocenters. The van der Waals surface area contributed by atoms with Crippen molar-refractivity contribution in [2.45, 2.75) is 4.90 Å². The van der Waals surface area contributed by atoms with Gasteiger partial charge in [0.15, 0.2) is 10.9 Å². The van der Waals surface area contributed by atoms with E-state index in [0.29, 0.717) is 31.4 Å². The number of halogens is 3. The molecule has 1 aliphatic heterocycles. The van der Waals surface area contributed by atoms with Gasteiger partial charge in [-0.05, 0) is 84.1 Å². The second-order valence-electron chi connectivity index (χ2n) is 6.64. The topological polar surface area (TPSA) is 84.8 Å². The van der Waals surface area contributed by atoms with Crippen molar-refractivity contribution in [1.29, 1.82) is 0 Å². The zero-order valence-corrected chi connectivity index (χ0v) is 20.4. The summed E-state index contributed by atoms with van der Waals surface area (Å²) < 4.78 is 30.1. The van der Waals surface area contributed by atoms with E-state index in [1.165, 1.54) is 48.2 Å². The molecular formula is C22H13Cl3N2O4S2. The van der Waals surface area contributed by atoms with E-state index in [4.69, 9.17) is 39.0 Å². The molecule has 0 saturated carbocycles.